The number of hydrogen-bond donors (Lipinski definition) is 1. The fraction of sp³-hybridized carbons (Fsp3) is 0.750. The van der Waals surface area contributed by atoms with Crippen molar-refractivity contribution in [2.75, 3.05) is 6.54 Å². The second-order valence-electron chi connectivity index (χ2n) is 4.64. The van der Waals surface area contributed by atoms with Crippen LogP contribution in [0.25, 0.3) is 0 Å². The molecule has 0 aliphatic carbocycles. The van der Waals surface area contributed by atoms with E-state index < -0.39 is 0 Å². The number of halogens is 1. The van der Waals surface area contributed by atoms with Gasteiger partial charge in [0.25, 0.3) is 0 Å². The molecule has 16 heavy (non-hydrogen) atoms. The number of nitrogens with zero attached hydrogens (tertiary/aromatic N) is 2. The quantitative estimate of drug-likeness (QED) is 0.902. The Labute approximate surface area is 107 Å². The van der Waals surface area contributed by atoms with Crippen molar-refractivity contribution >= 4 is 15.9 Å². The first-order valence-corrected chi connectivity index (χ1v) is 6.69. The normalized spacial score (nSPS) is 15.4. The highest BCUT2D eigenvalue weighted by Crippen LogP contribution is 2.31. The first-order valence-electron chi connectivity index (χ1n) is 5.89. The van der Waals surface area contributed by atoms with E-state index in [1.807, 2.05) is 17.9 Å². The largest absolute Gasteiger partial charge is 0.309 e. The number of rotatable bonds is 5. The fourth-order valence-electron chi connectivity index (χ4n) is 1.91. The molecule has 1 aromatic rings. The van der Waals surface area contributed by atoms with Gasteiger partial charge in [0.05, 0.1) is 22.4 Å². The van der Waals surface area contributed by atoms with Gasteiger partial charge < -0.3 is 5.32 Å². The van der Waals surface area contributed by atoms with Gasteiger partial charge in [0.2, 0.25) is 0 Å². The first-order chi connectivity index (χ1) is 7.49. The molecule has 92 valence electrons. The molecule has 0 bridgehead atoms. The molecule has 1 heterocycles. The van der Waals surface area contributed by atoms with E-state index in [0.29, 0.717) is 17.9 Å². The minimum Gasteiger partial charge on any atom is -0.309 e. The predicted molar refractivity (Wildman–Crippen MR) is 71.3 cm³/mol. The maximum absolute atomic E-state index is 4.29. The summed E-state index contributed by atoms with van der Waals surface area (Å²) in [6, 6.07) is 0.354. The Kier molecular flexibility index (Phi) is 4.99. The van der Waals surface area contributed by atoms with Crippen molar-refractivity contribution in [3.05, 3.63) is 16.4 Å². The number of aromatic nitrogens is 2. The minimum atomic E-state index is 0.354. The van der Waals surface area contributed by atoms with Crippen LogP contribution in [0.15, 0.2) is 10.7 Å². The second-order valence-corrected chi connectivity index (χ2v) is 5.49. The van der Waals surface area contributed by atoms with E-state index in [-0.39, 0.29) is 0 Å². The summed E-state index contributed by atoms with van der Waals surface area (Å²) < 4.78 is 3.05. The maximum atomic E-state index is 4.29. The zero-order chi connectivity index (χ0) is 12.3. The summed E-state index contributed by atoms with van der Waals surface area (Å²) in [6.45, 7) is 9.93. The van der Waals surface area contributed by atoms with Gasteiger partial charge in [-0.05, 0) is 34.3 Å². The summed E-state index contributed by atoms with van der Waals surface area (Å²) >= 11 is 3.58. The highest BCUT2D eigenvalue weighted by atomic mass is 79.9. The highest BCUT2D eigenvalue weighted by molar-refractivity contribution is 9.10. The van der Waals surface area contributed by atoms with Crippen molar-refractivity contribution in [3.8, 4) is 0 Å². The Morgan fingerprint density at radius 3 is 2.44 bits per heavy atom. The standard InChI is InChI=1S/C12H22BrN3/c1-6-14-11(9(4)8(2)3)12-10(13)7-15-16(12)5/h7-9,11,14H,6H2,1-5H3. The second kappa shape index (κ2) is 5.82. The molecule has 0 spiro atoms. The fourth-order valence-corrected chi connectivity index (χ4v) is 2.50. The van der Waals surface area contributed by atoms with Gasteiger partial charge in [-0.3, -0.25) is 4.68 Å². The molecule has 1 aromatic heterocycles. The van der Waals surface area contributed by atoms with Crippen molar-refractivity contribution in [2.45, 2.75) is 33.7 Å². The van der Waals surface area contributed by atoms with Crippen LogP contribution in [0.5, 0.6) is 0 Å². The Morgan fingerprint density at radius 1 is 1.44 bits per heavy atom. The Morgan fingerprint density at radius 2 is 2.06 bits per heavy atom. The lowest BCUT2D eigenvalue weighted by atomic mass is 9.88. The van der Waals surface area contributed by atoms with Crippen molar-refractivity contribution in [1.82, 2.24) is 15.1 Å². The summed E-state index contributed by atoms with van der Waals surface area (Å²) in [7, 11) is 2.00. The first kappa shape index (κ1) is 13.7. The molecular weight excluding hydrogens is 266 g/mol. The van der Waals surface area contributed by atoms with E-state index in [4.69, 9.17) is 0 Å². The molecule has 0 aromatic carbocycles. The zero-order valence-electron chi connectivity index (χ0n) is 10.8. The van der Waals surface area contributed by atoms with Gasteiger partial charge in [-0.1, -0.05) is 27.7 Å². The van der Waals surface area contributed by atoms with Gasteiger partial charge in [0.15, 0.2) is 0 Å². The molecule has 0 amide bonds. The molecule has 4 heteroatoms. The zero-order valence-corrected chi connectivity index (χ0v) is 12.4. The van der Waals surface area contributed by atoms with Crippen molar-refractivity contribution in [3.63, 3.8) is 0 Å². The van der Waals surface area contributed by atoms with Crippen LogP contribution in [0.4, 0.5) is 0 Å². The monoisotopic (exact) mass is 287 g/mol. The van der Waals surface area contributed by atoms with Crippen LogP contribution in [0, 0.1) is 11.8 Å². The van der Waals surface area contributed by atoms with Crippen LogP contribution < -0.4 is 5.32 Å². The van der Waals surface area contributed by atoms with Gasteiger partial charge in [-0.25, -0.2) is 0 Å². The van der Waals surface area contributed by atoms with Gasteiger partial charge in [0, 0.05) is 7.05 Å². The summed E-state index contributed by atoms with van der Waals surface area (Å²) in [5, 5.41) is 7.85. The third kappa shape index (κ3) is 2.86. The number of hydrogen-bond acceptors (Lipinski definition) is 2. The van der Waals surface area contributed by atoms with Crippen LogP contribution in [-0.2, 0) is 7.05 Å². The summed E-state index contributed by atoms with van der Waals surface area (Å²) in [4.78, 5) is 0. The maximum Gasteiger partial charge on any atom is 0.0695 e. The van der Waals surface area contributed by atoms with E-state index in [2.05, 4.69) is 54.0 Å². The van der Waals surface area contributed by atoms with Crippen LogP contribution in [0.2, 0.25) is 0 Å². The van der Waals surface area contributed by atoms with E-state index in [1.165, 1.54) is 5.69 Å². The van der Waals surface area contributed by atoms with Crippen LogP contribution in [0.3, 0.4) is 0 Å². The van der Waals surface area contributed by atoms with Gasteiger partial charge in [-0.2, -0.15) is 5.10 Å². The molecule has 0 fully saturated rings. The smallest absolute Gasteiger partial charge is 0.0695 e. The average Bonchev–Trinajstić information content (AvgIpc) is 2.55. The van der Waals surface area contributed by atoms with E-state index in [0.717, 1.165) is 11.0 Å². The Bertz CT molecular complexity index is 314. The lowest BCUT2D eigenvalue weighted by molar-refractivity contribution is 0.295. The lowest BCUT2D eigenvalue weighted by Crippen LogP contribution is -2.31. The lowest BCUT2D eigenvalue weighted by Gasteiger charge is -2.28. The molecule has 0 aliphatic heterocycles. The highest BCUT2D eigenvalue weighted by Gasteiger charge is 2.25. The number of aryl methyl sites for hydroxylation is 1. The van der Waals surface area contributed by atoms with Crippen molar-refractivity contribution in [2.24, 2.45) is 18.9 Å². The number of nitrogens with one attached hydrogen (secondary N) is 1. The molecule has 1 rings (SSSR count). The molecule has 2 atom stereocenters. The minimum absolute atomic E-state index is 0.354. The van der Waals surface area contributed by atoms with E-state index >= 15 is 0 Å². The third-order valence-electron chi connectivity index (χ3n) is 3.23. The Balaban J connectivity index is 3.02. The average molecular weight is 288 g/mol. The van der Waals surface area contributed by atoms with Gasteiger partial charge >= 0.3 is 0 Å². The van der Waals surface area contributed by atoms with Crippen molar-refractivity contribution < 1.29 is 0 Å². The molecule has 0 radical (unpaired) electrons. The molecule has 2 unspecified atom stereocenters. The molecule has 0 saturated carbocycles. The summed E-state index contributed by atoms with van der Waals surface area (Å²) in [6.07, 6.45) is 1.87. The summed E-state index contributed by atoms with van der Waals surface area (Å²) in [5.74, 6) is 1.22. The molecular formula is C12H22BrN3. The van der Waals surface area contributed by atoms with Crippen LogP contribution in [-0.4, -0.2) is 16.3 Å². The van der Waals surface area contributed by atoms with Gasteiger partial charge in [0.1, 0.15) is 0 Å². The van der Waals surface area contributed by atoms with Gasteiger partial charge in [-0.15, -0.1) is 0 Å². The topological polar surface area (TPSA) is 29.9 Å². The summed E-state index contributed by atoms with van der Waals surface area (Å²) in [5.41, 5.74) is 1.24. The predicted octanol–water partition coefficient (Wildman–Crippen LogP) is 3.13. The Hall–Kier alpha value is -0.350. The van der Waals surface area contributed by atoms with E-state index in [9.17, 15) is 0 Å². The molecule has 0 aliphatic rings. The third-order valence-corrected chi connectivity index (χ3v) is 3.84. The molecule has 1 N–H and O–H groups in total. The molecule has 0 saturated heterocycles. The molecule has 3 nitrogen and oxygen atoms in total. The SMILES string of the molecule is CCNC(c1c(Br)cnn1C)C(C)C(C)C. The van der Waals surface area contributed by atoms with E-state index in [1.54, 1.807) is 0 Å². The van der Waals surface area contributed by atoms with Crippen LogP contribution >= 0.6 is 15.9 Å². The van der Waals surface area contributed by atoms with Crippen LogP contribution in [0.1, 0.15) is 39.4 Å². The van der Waals surface area contributed by atoms with Crippen molar-refractivity contribution in [1.29, 1.82) is 0 Å².